The third-order valence-corrected chi connectivity index (χ3v) is 3.95. The average Bonchev–Trinajstić information content (AvgIpc) is 3.22. The number of aliphatic hydroxyl groups is 1. The predicted molar refractivity (Wildman–Crippen MR) is 91.5 cm³/mol. The fourth-order valence-electron chi connectivity index (χ4n) is 2.65. The molecule has 3 rings (SSSR count). The van der Waals surface area contributed by atoms with E-state index in [1.807, 2.05) is 59.0 Å². The third kappa shape index (κ3) is 3.99. The first-order chi connectivity index (χ1) is 11.8. The maximum atomic E-state index is 9.31. The molecule has 0 unspecified atom stereocenters. The average molecular weight is 326 g/mol. The minimum absolute atomic E-state index is 0.101. The van der Waals surface area contributed by atoms with Crippen LogP contribution in [0.5, 0.6) is 0 Å². The maximum absolute atomic E-state index is 9.31. The van der Waals surface area contributed by atoms with E-state index < -0.39 is 0 Å². The standard InChI is InChI=1S/C17H22N6O/c1-21-16(7-9-18-21)8-10-23-14-15(19-20-23)13-22(11-12-24)17-5-3-2-4-6-17/h2-7,9,14,24H,8,10-13H2,1H3. The van der Waals surface area contributed by atoms with Crippen molar-refractivity contribution in [2.75, 3.05) is 18.1 Å². The predicted octanol–water partition coefficient (Wildman–Crippen LogP) is 1.25. The van der Waals surface area contributed by atoms with Crippen molar-refractivity contribution in [3.63, 3.8) is 0 Å². The van der Waals surface area contributed by atoms with Gasteiger partial charge in [0.05, 0.1) is 19.3 Å². The number of aryl methyl sites for hydroxylation is 3. The van der Waals surface area contributed by atoms with Crippen molar-refractivity contribution in [2.45, 2.75) is 19.5 Å². The number of hydrogen-bond acceptors (Lipinski definition) is 5. The molecule has 0 fully saturated rings. The number of rotatable bonds is 8. The molecule has 7 nitrogen and oxygen atoms in total. The molecule has 2 aromatic heterocycles. The summed E-state index contributed by atoms with van der Waals surface area (Å²) < 4.78 is 3.72. The molecule has 1 aromatic carbocycles. The minimum atomic E-state index is 0.101. The zero-order valence-electron chi connectivity index (χ0n) is 13.8. The van der Waals surface area contributed by atoms with E-state index in [1.54, 1.807) is 6.20 Å². The van der Waals surface area contributed by atoms with Crippen LogP contribution in [0.1, 0.15) is 11.4 Å². The van der Waals surface area contributed by atoms with Crippen molar-refractivity contribution < 1.29 is 5.11 Å². The Labute approximate surface area is 141 Å². The lowest BCUT2D eigenvalue weighted by Crippen LogP contribution is -2.26. The van der Waals surface area contributed by atoms with Gasteiger partial charge in [0, 0.05) is 44.1 Å². The second-order valence-corrected chi connectivity index (χ2v) is 5.65. The molecular weight excluding hydrogens is 304 g/mol. The summed E-state index contributed by atoms with van der Waals surface area (Å²) >= 11 is 0. The maximum Gasteiger partial charge on any atom is 0.102 e. The highest BCUT2D eigenvalue weighted by Gasteiger charge is 2.10. The lowest BCUT2D eigenvalue weighted by molar-refractivity contribution is 0.301. The Hall–Kier alpha value is -2.67. The van der Waals surface area contributed by atoms with E-state index in [0.29, 0.717) is 13.1 Å². The zero-order chi connectivity index (χ0) is 16.8. The van der Waals surface area contributed by atoms with Gasteiger partial charge in [-0.3, -0.25) is 9.36 Å². The molecule has 126 valence electrons. The number of aliphatic hydroxyl groups excluding tert-OH is 1. The summed E-state index contributed by atoms with van der Waals surface area (Å²) in [5, 5.41) is 21.9. The van der Waals surface area contributed by atoms with Crippen molar-refractivity contribution in [3.05, 3.63) is 60.2 Å². The van der Waals surface area contributed by atoms with Crippen molar-refractivity contribution >= 4 is 5.69 Å². The van der Waals surface area contributed by atoms with Crippen LogP contribution < -0.4 is 4.90 Å². The molecule has 0 aliphatic carbocycles. The lowest BCUT2D eigenvalue weighted by Gasteiger charge is -2.22. The van der Waals surface area contributed by atoms with Crippen LogP contribution in [0.3, 0.4) is 0 Å². The minimum Gasteiger partial charge on any atom is -0.395 e. The number of anilines is 1. The van der Waals surface area contributed by atoms with Crippen LogP contribution in [-0.2, 0) is 26.6 Å². The number of nitrogens with zero attached hydrogens (tertiary/aromatic N) is 6. The molecule has 0 saturated carbocycles. The van der Waals surface area contributed by atoms with Crippen LogP contribution in [0.25, 0.3) is 0 Å². The Kier molecular flexibility index (Phi) is 5.22. The molecule has 0 aliphatic rings. The SMILES string of the molecule is Cn1nccc1CCn1cc(CN(CCO)c2ccccc2)nn1. The fraction of sp³-hybridized carbons (Fsp3) is 0.353. The summed E-state index contributed by atoms with van der Waals surface area (Å²) in [6.07, 6.45) is 4.62. The van der Waals surface area contributed by atoms with Gasteiger partial charge in [-0.25, -0.2) is 0 Å². The molecule has 1 N–H and O–H groups in total. The Morgan fingerprint density at radius 1 is 1.17 bits per heavy atom. The van der Waals surface area contributed by atoms with Crippen LogP contribution in [-0.4, -0.2) is 43.0 Å². The highest BCUT2D eigenvalue weighted by atomic mass is 16.3. The quantitative estimate of drug-likeness (QED) is 0.674. The van der Waals surface area contributed by atoms with E-state index in [0.717, 1.165) is 24.3 Å². The summed E-state index contributed by atoms with van der Waals surface area (Å²) in [7, 11) is 1.94. The Bertz CT molecular complexity index is 751. The molecule has 3 aromatic rings. The van der Waals surface area contributed by atoms with Gasteiger partial charge < -0.3 is 10.0 Å². The molecule has 0 saturated heterocycles. The molecular formula is C17H22N6O. The number of benzene rings is 1. The van der Waals surface area contributed by atoms with E-state index in [1.165, 1.54) is 5.69 Å². The molecule has 0 bridgehead atoms. The molecule has 0 spiro atoms. The summed E-state index contributed by atoms with van der Waals surface area (Å²) in [5.41, 5.74) is 3.12. The topological polar surface area (TPSA) is 72.0 Å². The van der Waals surface area contributed by atoms with Gasteiger partial charge >= 0.3 is 0 Å². The van der Waals surface area contributed by atoms with Gasteiger partial charge in [0.2, 0.25) is 0 Å². The number of aromatic nitrogens is 5. The summed E-state index contributed by atoms with van der Waals surface area (Å²) in [4.78, 5) is 2.09. The Balaban J connectivity index is 1.62. The first-order valence-electron chi connectivity index (χ1n) is 8.03. The Morgan fingerprint density at radius 2 is 2.00 bits per heavy atom. The zero-order valence-corrected chi connectivity index (χ0v) is 13.8. The number of para-hydroxylation sites is 1. The van der Waals surface area contributed by atoms with Crippen LogP contribution in [0.4, 0.5) is 5.69 Å². The van der Waals surface area contributed by atoms with Crippen LogP contribution in [0.15, 0.2) is 48.8 Å². The Morgan fingerprint density at radius 3 is 2.71 bits per heavy atom. The summed E-state index contributed by atoms with van der Waals surface area (Å²) in [6, 6.07) is 12.0. The van der Waals surface area contributed by atoms with Gasteiger partial charge in [0.15, 0.2) is 0 Å². The van der Waals surface area contributed by atoms with Crippen molar-refractivity contribution in [2.24, 2.45) is 7.05 Å². The van der Waals surface area contributed by atoms with Gasteiger partial charge in [0.25, 0.3) is 0 Å². The fourth-order valence-corrected chi connectivity index (χ4v) is 2.65. The van der Waals surface area contributed by atoms with Gasteiger partial charge in [-0.2, -0.15) is 5.10 Å². The molecule has 0 radical (unpaired) electrons. The van der Waals surface area contributed by atoms with Crippen molar-refractivity contribution in [1.29, 1.82) is 0 Å². The van der Waals surface area contributed by atoms with Crippen molar-refractivity contribution in [3.8, 4) is 0 Å². The normalized spacial score (nSPS) is 10.9. The van der Waals surface area contributed by atoms with Gasteiger partial charge in [-0.05, 0) is 18.2 Å². The third-order valence-electron chi connectivity index (χ3n) is 3.95. The molecule has 7 heteroatoms. The molecule has 24 heavy (non-hydrogen) atoms. The molecule has 0 atom stereocenters. The molecule has 0 amide bonds. The first-order valence-corrected chi connectivity index (χ1v) is 8.03. The van der Waals surface area contributed by atoms with Gasteiger partial charge in [-0.15, -0.1) is 5.10 Å². The second-order valence-electron chi connectivity index (χ2n) is 5.65. The van der Waals surface area contributed by atoms with Crippen molar-refractivity contribution in [1.82, 2.24) is 24.8 Å². The largest absolute Gasteiger partial charge is 0.395 e. The first kappa shape index (κ1) is 16.2. The van der Waals surface area contributed by atoms with E-state index in [4.69, 9.17) is 0 Å². The number of hydrogen-bond donors (Lipinski definition) is 1. The van der Waals surface area contributed by atoms with Crippen LogP contribution >= 0.6 is 0 Å². The monoisotopic (exact) mass is 326 g/mol. The highest BCUT2D eigenvalue weighted by molar-refractivity contribution is 5.46. The van der Waals surface area contributed by atoms with Crippen LogP contribution in [0, 0.1) is 0 Å². The lowest BCUT2D eigenvalue weighted by atomic mass is 10.2. The summed E-state index contributed by atoms with van der Waals surface area (Å²) in [6.45, 7) is 2.05. The summed E-state index contributed by atoms with van der Waals surface area (Å²) in [5.74, 6) is 0. The molecule has 2 heterocycles. The van der Waals surface area contributed by atoms with Gasteiger partial charge in [-0.1, -0.05) is 23.4 Å². The van der Waals surface area contributed by atoms with E-state index in [9.17, 15) is 5.11 Å². The highest BCUT2D eigenvalue weighted by Crippen LogP contribution is 2.15. The van der Waals surface area contributed by atoms with E-state index in [-0.39, 0.29) is 6.61 Å². The van der Waals surface area contributed by atoms with E-state index >= 15 is 0 Å². The molecule has 0 aliphatic heterocycles. The van der Waals surface area contributed by atoms with Crippen LogP contribution in [0.2, 0.25) is 0 Å². The smallest absolute Gasteiger partial charge is 0.102 e. The van der Waals surface area contributed by atoms with Gasteiger partial charge in [0.1, 0.15) is 5.69 Å². The van der Waals surface area contributed by atoms with E-state index in [2.05, 4.69) is 20.3 Å². The second kappa shape index (κ2) is 7.74.